The molecule has 1 nitrogen and oxygen atoms in total. The van der Waals surface area contributed by atoms with Gasteiger partial charge in [0, 0.05) is 16.4 Å². The van der Waals surface area contributed by atoms with Crippen molar-refractivity contribution in [3.05, 3.63) is 103 Å². The first kappa shape index (κ1) is 18.8. The van der Waals surface area contributed by atoms with Crippen molar-refractivity contribution in [2.75, 3.05) is 5.75 Å². The van der Waals surface area contributed by atoms with Gasteiger partial charge in [-0.2, -0.15) is 0 Å². The van der Waals surface area contributed by atoms with Gasteiger partial charge in [0.1, 0.15) is 0 Å². The quantitative estimate of drug-likeness (QED) is 0.363. The van der Waals surface area contributed by atoms with Crippen LogP contribution in [-0.4, -0.2) is 5.75 Å². The fourth-order valence-electron chi connectivity index (χ4n) is 2.82. The molecule has 0 aliphatic rings. The molecule has 0 saturated carbocycles. The number of hydrogen-bond acceptors (Lipinski definition) is 2. The van der Waals surface area contributed by atoms with Gasteiger partial charge in [0.25, 0.3) is 0 Å². The topological polar surface area (TPSA) is 17.1 Å². The highest BCUT2D eigenvalue weighted by molar-refractivity contribution is 8.62. The summed E-state index contributed by atoms with van der Waals surface area (Å²) in [5.74, 6) is 0.825. The summed E-state index contributed by atoms with van der Waals surface area (Å²) in [5, 5.41) is 1.83. The van der Waals surface area contributed by atoms with E-state index in [1.165, 1.54) is 11.1 Å². The highest BCUT2D eigenvalue weighted by Gasteiger charge is 2.27. The molecular weight excluding hydrogens is 355 g/mol. The Bertz CT molecular complexity index is 846. The zero-order valence-corrected chi connectivity index (χ0v) is 16.6. The average Bonchev–Trinajstić information content (AvgIpc) is 2.73. The third-order valence-corrected chi connectivity index (χ3v) is 9.90. The zero-order valence-electron chi connectivity index (χ0n) is 14.9. The van der Waals surface area contributed by atoms with Crippen molar-refractivity contribution in [1.82, 2.24) is 0 Å². The van der Waals surface area contributed by atoms with Crippen LogP contribution in [-0.2, 0) is 4.57 Å². The lowest BCUT2D eigenvalue weighted by Gasteiger charge is -2.18. The predicted molar refractivity (Wildman–Crippen MR) is 117 cm³/mol. The van der Waals surface area contributed by atoms with Gasteiger partial charge in [0.05, 0.1) is 0 Å². The predicted octanol–water partition coefficient (Wildman–Crippen LogP) is 6.14. The fraction of sp³-hybridized carbons (Fsp3) is 0.130. The molecule has 0 amide bonds. The minimum atomic E-state index is -2.67. The zero-order chi connectivity index (χ0) is 18.2. The lowest BCUT2D eigenvalue weighted by molar-refractivity contribution is 0.595. The van der Waals surface area contributed by atoms with Crippen molar-refractivity contribution in [2.24, 2.45) is 0 Å². The van der Waals surface area contributed by atoms with Crippen molar-refractivity contribution in [2.45, 2.75) is 13.3 Å². The second-order valence-electron chi connectivity index (χ2n) is 6.10. The van der Waals surface area contributed by atoms with Gasteiger partial charge in [0.2, 0.25) is 0 Å². The van der Waals surface area contributed by atoms with Gasteiger partial charge in [0.15, 0.2) is 6.34 Å². The maximum Gasteiger partial charge on any atom is 0.195 e. The lowest BCUT2D eigenvalue weighted by atomic mass is 10.1. The summed E-state index contributed by atoms with van der Waals surface area (Å²) in [6, 6.07) is 30.1. The Morgan fingerprint density at radius 1 is 0.808 bits per heavy atom. The number of benzene rings is 3. The maximum atomic E-state index is 13.9. The van der Waals surface area contributed by atoms with Crippen LogP contribution >= 0.6 is 17.7 Å². The van der Waals surface area contributed by atoms with Crippen LogP contribution in [0.25, 0.3) is 5.57 Å². The van der Waals surface area contributed by atoms with Crippen LogP contribution in [0.3, 0.4) is 0 Å². The Labute approximate surface area is 160 Å². The summed E-state index contributed by atoms with van der Waals surface area (Å²) in [4.78, 5) is 0. The Hall–Kier alpha value is -2.02. The van der Waals surface area contributed by atoms with E-state index < -0.39 is 6.34 Å². The standard InChI is InChI=1S/C23H23OPS/c1-20(21-13-5-2-6-14-21)12-11-19-26-25(24,22-15-7-3-8-16-22)23-17-9-4-10-18-23/h2-10,12-18H,11,19H2,1H3/b20-12+. The molecule has 0 atom stereocenters. The first-order chi connectivity index (χ1) is 12.7. The molecule has 0 N–H and O–H groups in total. The van der Waals surface area contributed by atoms with E-state index in [1.54, 1.807) is 11.4 Å². The SMILES string of the molecule is C/C(=C\CCSP(=O)(c1ccccc1)c1ccccc1)c1ccccc1. The molecule has 0 fully saturated rings. The maximum absolute atomic E-state index is 13.9. The minimum absolute atomic E-state index is 0.825. The molecule has 26 heavy (non-hydrogen) atoms. The van der Waals surface area contributed by atoms with Crippen LogP contribution in [0.2, 0.25) is 0 Å². The molecule has 0 aromatic heterocycles. The van der Waals surface area contributed by atoms with Gasteiger partial charge in [-0.1, -0.05) is 108 Å². The van der Waals surface area contributed by atoms with Crippen LogP contribution in [0.5, 0.6) is 0 Å². The molecular formula is C23H23OPS. The molecule has 0 aliphatic heterocycles. The Morgan fingerprint density at radius 2 is 1.27 bits per heavy atom. The number of hydrogen-bond donors (Lipinski definition) is 0. The summed E-state index contributed by atoms with van der Waals surface area (Å²) < 4.78 is 13.9. The monoisotopic (exact) mass is 378 g/mol. The molecule has 3 heteroatoms. The van der Waals surface area contributed by atoms with E-state index >= 15 is 0 Å². The summed E-state index contributed by atoms with van der Waals surface area (Å²) >= 11 is 1.58. The minimum Gasteiger partial charge on any atom is -0.302 e. The van der Waals surface area contributed by atoms with Crippen molar-refractivity contribution in [3.63, 3.8) is 0 Å². The summed E-state index contributed by atoms with van der Waals surface area (Å²) in [6.45, 7) is 2.13. The van der Waals surface area contributed by atoms with E-state index in [2.05, 4.69) is 37.3 Å². The smallest absolute Gasteiger partial charge is 0.195 e. The Balaban J connectivity index is 1.75. The summed E-state index contributed by atoms with van der Waals surface area (Å²) in [7, 11) is 0. The van der Waals surface area contributed by atoms with Gasteiger partial charge in [-0.3, -0.25) is 0 Å². The number of allylic oxidation sites excluding steroid dienone is 2. The normalized spacial score (nSPS) is 12.1. The van der Waals surface area contributed by atoms with Crippen molar-refractivity contribution in [3.8, 4) is 0 Å². The van der Waals surface area contributed by atoms with E-state index in [0.717, 1.165) is 22.8 Å². The highest BCUT2D eigenvalue weighted by atomic mass is 32.7. The second-order valence-corrected chi connectivity index (χ2v) is 11.2. The molecule has 0 unspecified atom stereocenters. The van der Waals surface area contributed by atoms with Crippen LogP contribution in [0.15, 0.2) is 97.1 Å². The van der Waals surface area contributed by atoms with Gasteiger partial charge in [-0.25, -0.2) is 0 Å². The van der Waals surface area contributed by atoms with E-state index in [-0.39, 0.29) is 0 Å². The molecule has 0 bridgehead atoms. The van der Waals surface area contributed by atoms with Gasteiger partial charge in [-0.15, -0.1) is 0 Å². The molecule has 3 rings (SSSR count). The fourth-order valence-corrected chi connectivity index (χ4v) is 7.74. The third kappa shape index (κ3) is 4.58. The third-order valence-electron chi connectivity index (χ3n) is 4.26. The molecule has 0 spiro atoms. The van der Waals surface area contributed by atoms with E-state index in [1.807, 2.05) is 66.7 Å². The molecule has 3 aromatic rings. The molecule has 132 valence electrons. The molecule has 0 saturated heterocycles. The van der Waals surface area contributed by atoms with E-state index in [4.69, 9.17) is 0 Å². The average molecular weight is 378 g/mol. The Kier molecular flexibility index (Phi) is 6.55. The van der Waals surface area contributed by atoms with Gasteiger partial charge < -0.3 is 4.57 Å². The van der Waals surface area contributed by atoms with E-state index in [9.17, 15) is 4.57 Å². The van der Waals surface area contributed by atoms with Crippen LogP contribution in [0.4, 0.5) is 0 Å². The number of rotatable bonds is 7. The molecule has 0 heterocycles. The lowest BCUT2D eigenvalue weighted by Crippen LogP contribution is -2.13. The van der Waals surface area contributed by atoms with Crippen molar-refractivity contribution in [1.29, 1.82) is 0 Å². The van der Waals surface area contributed by atoms with Crippen LogP contribution in [0.1, 0.15) is 18.9 Å². The highest BCUT2D eigenvalue weighted by Crippen LogP contribution is 2.56. The summed E-state index contributed by atoms with van der Waals surface area (Å²) in [6.07, 6.45) is 0.468. The molecule has 3 aromatic carbocycles. The first-order valence-electron chi connectivity index (χ1n) is 8.78. The summed E-state index contributed by atoms with van der Waals surface area (Å²) in [5.41, 5.74) is 2.51. The molecule has 0 aliphatic carbocycles. The second kappa shape index (κ2) is 9.07. The van der Waals surface area contributed by atoms with E-state index in [0.29, 0.717) is 0 Å². The van der Waals surface area contributed by atoms with Crippen LogP contribution < -0.4 is 10.6 Å². The van der Waals surface area contributed by atoms with Gasteiger partial charge >= 0.3 is 0 Å². The van der Waals surface area contributed by atoms with Gasteiger partial charge in [-0.05, 0) is 24.5 Å². The molecule has 0 radical (unpaired) electrons. The Morgan fingerprint density at radius 3 is 1.77 bits per heavy atom. The van der Waals surface area contributed by atoms with Crippen LogP contribution in [0, 0.1) is 0 Å². The van der Waals surface area contributed by atoms with Crippen molar-refractivity contribution < 1.29 is 4.57 Å². The van der Waals surface area contributed by atoms with Crippen molar-refractivity contribution >= 4 is 33.9 Å². The largest absolute Gasteiger partial charge is 0.302 e. The first-order valence-corrected chi connectivity index (χ1v) is 12.1.